The Morgan fingerprint density at radius 3 is 2.58 bits per heavy atom. The molecule has 0 aliphatic carbocycles. The number of para-hydroxylation sites is 1. The number of rotatable bonds is 9. The lowest BCUT2D eigenvalue weighted by Gasteiger charge is -2.12. The molecule has 3 rings (SSSR count). The third-order valence-electron chi connectivity index (χ3n) is 4.32. The molecule has 0 atom stereocenters. The van der Waals surface area contributed by atoms with Crippen LogP contribution in [0.1, 0.15) is 23.0 Å². The molecule has 0 radical (unpaired) electrons. The summed E-state index contributed by atoms with van der Waals surface area (Å²) in [6.07, 6.45) is 4.17. The van der Waals surface area contributed by atoms with Gasteiger partial charge in [0, 0.05) is 23.5 Å². The lowest BCUT2D eigenvalue weighted by molar-refractivity contribution is -0.111. The number of benzene rings is 2. The van der Waals surface area contributed by atoms with E-state index in [-0.39, 0.29) is 29.4 Å². The molecule has 0 aliphatic rings. The molecule has 0 saturated heterocycles. The van der Waals surface area contributed by atoms with Crippen LogP contribution in [-0.4, -0.2) is 42.0 Å². The molecule has 1 amide bonds. The molecule has 0 unspecified atom stereocenters. The minimum Gasteiger partial charge on any atom is -0.493 e. The number of carbonyl (C=O) groups excluding carboxylic acids is 2. The Bertz CT molecular complexity index is 1140. The first-order valence-corrected chi connectivity index (χ1v) is 9.85. The zero-order valence-electron chi connectivity index (χ0n) is 17.8. The van der Waals surface area contributed by atoms with E-state index in [4.69, 9.17) is 9.47 Å². The van der Waals surface area contributed by atoms with Crippen LogP contribution < -0.4 is 14.8 Å². The maximum Gasteiger partial charge on any atom is 0.387 e. The topological polar surface area (TPSA) is 91.7 Å². The van der Waals surface area contributed by atoms with Gasteiger partial charge in [-0.25, -0.2) is 9.48 Å². The number of ether oxygens (including phenoxy) is 3. The molecule has 33 heavy (non-hydrogen) atoms. The number of esters is 1. The number of nitrogens with zero attached hydrogens (tertiary/aromatic N) is 2. The van der Waals surface area contributed by atoms with E-state index in [2.05, 4.69) is 15.2 Å². The van der Waals surface area contributed by atoms with Crippen molar-refractivity contribution in [3.63, 3.8) is 0 Å². The first-order valence-electron chi connectivity index (χ1n) is 9.85. The molecule has 0 saturated carbocycles. The molecular formula is C23H21F2N3O5. The van der Waals surface area contributed by atoms with Crippen molar-refractivity contribution >= 4 is 23.6 Å². The zero-order chi connectivity index (χ0) is 23.8. The highest BCUT2D eigenvalue weighted by atomic mass is 19.3. The summed E-state index contributed by atoms with van der Waals surface area (Å²) >= 11 is 0. The summed E-state index contributed by atoms with van der Waals surface area (Å²) < 4.78 is 41.4. The number of anilines is 1. The molecule has 1 heterocycles. The fraction of sp³-hybridized carbons (Fsp3) is 0.174. The van der Waals surface area contributed by atoms with E-state index in [9.17, 15) is 18.4 Å². The zero-order valence-corrected chi connectivity index (χ0v) is 17.8. The van der Waals surface area contributed by atoms with Gasteiger partial charge < -0.3 is 19.5 Å². The van der Waals surface area contributed by atoms with Crippen LogP contribution >= 0.6 is 0 Å². The number of amides is 1. The Kier molecular flexibility index (Phi) is 7.74. The standard InChI is InChI=1S/C23H21F2N3O5/c1-3-32-22(30)18-13-14-28(27-18)17-10-8-16(9-11-17)26-20(29)12-7-15-5-4-6-19(31-2)21(15)33-23(24)25/h4-14,23H,3H2,1-2H3,(H,26,29)/b12-7+. The van der Waals surface area contributed by atoms with Gasteiger partial charge in [-0.15, -0.1) is 0 Å². The number of aromatic nitrogens is 2. The van der Waals surface area contributed by atoms with Gasteiger partial charge in [0.2, 0.25) is 5.91 Å². The van der Waals surface area contributed by atoms with Gasteiger partial charge in [0.1, 0.15) is 0 Å². The molecule has 172 valence electrons. The summed E-state index contributed by atoms with van der Waals surface area (Å²) in [4.78, 5) is 24.0. The monoisotopic (exact) mass is 457 g/mol. The van der Waals surface area contributed by atoms with Crippen molar-refractivity contribution in [2.24, 2.45) is 0 Å². The highest BCUT2D eigenvalue weighted by Gasteiger charge is 2.14. The van der Waals surface area contributed by atoms with Gasteiger partial charge in [0.25, 0.3) is 0 Å². The minimum atomic E-state index is -3.04. The van der Waals surface area contributed by atoms with Crippen LogP contribution in [0.5, 0.6) is 11.5 Å². The Morgan fingerprint density at radius 2 is 1.91 bits per heavy atom. The highest BCUT2D eigenvalue weighted by molar-refractivity contribution is 6.02. The maximum absolute atomic E-state index is 12.7. The van der Waals surface area contributed by atoms with Crippen molar-refractivity contribution in [1.82, 2.24) is 9.78 Å². The van der Waals surface area contributed by atoms with Crippen molar-refractivity contribution in [3.8, 4) is 17.2 Å². The summed E-state index contributed by atoms with van der Waals surface area (Å²) in [5.41, 5.74) is 1.62. The molecule has 1 aromatic heterocycles. The molecule has 0 aliphatic heterocycles. The number of methoxy groups -OCH3 is 1. The molecule has 2 aromatic carbocycles. The SMILES string of the molecule is CCOC(=O)c1ccn(-c2ccc(NC(=O)/C=C/c3cccc(OC)c3OC(F)F)cc2)n1. The molecular weight excluding hydrogens is 436 g/mol. The fourth-order valence-electron chi connectivity index (χ4n) is 2.87. The average Bonchev–Trinajstić information content (AvgIpc) is 3.29. The number of hydrogen-bond acceptors (Lipinski definition) is 6. The van der Waals surface area contributed by atoms with Crippen LogP contribution in [-0.2, 0) is 9.53 Å². The average molecular weight is 457 g/mol. The fourth-order valence-corrected chi connectivity index (χ4v) is 2.87. The Hall–Kier alpha value is -4.21. The Morgan fingerprint density at radius 1 is 1.15 bits per heavy atom. The van der Waals surface area contributed by atoms with E-state index in [1.165, 1.54) is 36.1 Å². The lowest BCUT2D eigenvalue weighted by Crippen LogP contribution is -2.08. The molecule has 8 nitrogen and oxygen atoms in total. The van der Waals surface area contributed by atoms with Gasteiger partial charge in [-0.05, 0) is 49.4 Å². The van der Waals surface area contributed by atoms with Gasteiger partial charge in [0.15, 0.2) is 17.2 Å². The van der Waals surface area contributed by atoms with Gasteiger partial charge in [-0.3, -0.25) is 4.79 Å². The van der Waals surface area contributed by atoms with E-state index in [0.29, 0.717) is 11.4 Å². The van der Waals surface area contributed by atoms with Crippen molar-refractivity contribution < 1.29 is 32.6 Å². The Labute approximate surface area is 188 Å². The third-order valence-corrected chi connectivity index (χ3v) is 4.32. The van der Waals surface area contributed by atoms with E-state index in [1.807, 2.05) is 0 Å². The van der Waals surface area contributed by atoms with Crippen LogP contribution in [0.3, 0.4) is 0 Å². The van der Waals surface area contributed by atoms with Crippen molar-refractivity contribution in [2.45, 2.75) is 13.5 Å². The number of halogens is 2. The summed E-state index contributed by atoms with van der Waals surface area (Å²) in [6.45, 7) is -1.07. The number of alkyl halides is 2. The quantitative estimate of drug-likeness (QED) is 0.380. The lowest BCUT2D eigenvalue weighted by atomic mass is 10.1. The largest absolute Gasteiger partial charge is 0.493 e. The van der Waals surface area contributed by atoms with Crippen LogP contribution in [0.4, 0.5) is 14.5 Å². The summed E-state index contributed by atoms with van der Waals surface area (Å²) in [5, 5.41) is 6.83. The first kappa shape index (κ1) is 23.5. The second-order valence-electron chi connectivity index (χ2n) is 6.49. The van der Waals surface area contributed by atoms with Crippen molar-refractivity contribution in [1.29, 1.82) is 0 Å². The normalized spacial score (nSPS) is 10.9. The van der Waals surface area contributed by atoms with Crippen molar-refractivity contribution in [3.05, 3.63) is 72.1 Å². The molecule has 0 fully saturated rings. The number of carbonyl (C=O) groups is 2. The van der Waals surface area contributed by atoms with E-state index >= 15 is 0 Å². The van der Waals surface area contributed by atoms with Crippen molar-refractivity contribution in [2.75, 3.05) is 19.0 Å². The Balaban J connectivity index is 1.67. The predicted molar refractivity (Wildman–Crippen MR) is 117 cm³/mol. The molecule has 1 N–H and O–H groups in total. The van der Waals surface area contributed by atoms with Crippen LogP contribution in [0.25, 0.3) is 11.8 Å². The van der Waals surface area contributed by atoms with E-state index < -0.39 is 18.5 Å². The second-order valence-corrected chi connectivity index (χ2v) is 6.49. The second kappa shape index (κ2) is 10.9. The van der Waals surface area contributed by atoms with E-state index in [0.717, 1.165) is 0 Å². The minimum absolute atomic E-state index is 0.123. The molecule has 3 aromatic rings. The predicted octanol–water partition coefficient (Wildman–Crippen LogP) is 4.31. The van der Waals surface area contributed by atoms with E-state index in [1.54, 1.807) is 49.5 Å². The van der Waals surface area contributed by atoms with Crippen LogP contribution in [0, 0.1) is 0 Å². The van der Waals surface area contributed by atoms with Gasteiger partial charge >= 0.3 is 12.6 Å². The first-order chi connectivity index (χ1) is 15.9. The molecule has 10 heteroatoms. The maximum atomic E-state index is 12.7. The van der Waals surface area contributed by atoms with Crippen LogP contribution in [0.2, 0.25) is 0 Å². The molecule has 0 bridgehead atoms. The van der Waals surface area contributed by atoms with Crippen LogP contribution in [0.15, 0.2) is 60.8 Å². The number of hydrogen-bond donors (Lipinski definition) is 1. The van der Waals surface area contributed by atoms with Gasteiger partial charge in [-0.2, -0.15) is 13.9 Å². The summed E-state index contributed by atoms with van der Waals surface area (Å²) in [7, 11) is 1.33. The summed E-state index contributed by atoms with van der Waals surface area (Å²) in [5.74, 6) is -1.02. The molecule has 0 spiro atoms. The third kappa shape index (κ3) is 6.16. The summed E-state index contributed by atoms with van der Waals surface area (Å²) in [6, 6.07) is 12.9. The van der Waals surface area contributed by atoms with Gasteiger partial charge in [0.05, 0.1) is 19.4 Å². The number of nitrogens with one attached hydrogen (secondary N) is 1. The smallest absolute Gasteiger partial charge is 0.387 e. The highest BCUT2D eigenvalue weighted by Crippen LogP contribution is 2.33. The van der Waals surface area contributed by atoms with Gasteiger partial charge in [-0.1, -0.05) is 12.1 Å².